The normalized spacial score (nSPS) is 14.2. The van der Waals surface area contributed by atoms with Crippen molar-refractivity contribution in [3.05, 3.63) is 65.2 Å². The minimum Gasteiger partial charge on any atom is -0.428 e. The summed E-state index contributed by atoms with van der Waals surface area (Å²) in [7, 11) is -1.85. The minimum atomic E-state index is -4.84. The molecule has 158 valence electrons. The van der Waals surface area contributed by atoms with E-state index in [2.05, 4.69) is 9.13 Å². The standard InChI is InChI=1S/C19H17F6NO2S/c1-18(2,3)29(27)26-16(11-4-6-13(20)7-5-11)12-8-14(21)10-15(9-12)28-19(24,25)17(22)23/h4-10,17H,1-3H3. The molecule has 1 unspecified atom stereocenters. The first-order valence-electron chi connectivity index (χ1n) is 8.22. The number of halogens is 6. The highest BCUT2D eigenvalue weighted by molar-refractivity contribution is 7.85. The number of nitrogens with zero attached hydrogens (tertiary/aromatic N) is 1. The van der Waals surface area contributed by atoms with E-state index < -0.39 is 45.7 Å². The van der Waals surface area contributed by atoms with Gasteiger partial charge in [0.15, 0.2) is 0 Å². The second kappa shape index (κ2) is 8.56. The maximum atomic E-state index is 14.0. The molecule has 0 amide bonds. The average molecular weight is 437 g/mol. The Balaban J connectivity index is 2.60. The molecule has 0 saturated carbocycles. The molecule has 0 saturated heterocycles. The first kappa shape index (κ1) is 22.9. The number of benzene rings is 2. The Bertz CT molecular complexity index is 923. The third-order valence-corrected chi connectivity index (χ3v) is 4.86. The van der Waals surface area contributed by atoms with Crippen LogP contribution in [0.1, 0.15) is 31.9 Å². The SMILES string of the molecule is CC(C)(C)S(=O)N=C(c1ccc(F)cc1)c1cc(F)cc(OC(F)(F)C(F)F)c1. The fraction of sp³-hybridized carbons (Fsp3) is 0.316. The molecule has 0 aromatic heterocycles. The molecule has 0 bridgehead atoms. The Morgan fingerprint density at radius 1 is 0.966 bits per heavy atom. The Morgan fingerprint density at radius 3 is 2.07 bits per heavy atom. The van der Waals surface area contributed by atoms with Crippen LogP contribution in [0.4, 0.5) is 26.3 Å². The molecule has 10 heteroatoms. The van der Waals surface area contributed by atoms with Gasteiger partial charge in [-0.15, -0.1) is 0 Å². The summed E-state index contributed by atoms with van der Waals surface area (Å²) >= 11 is 0. The van der Waals surface area contributed by atoms with E-state index >= 15 is 0 Å². The summed E-state index contributed by atoms with van der Waals surface area (Å²) in [5.41, 5.74) is -0.0570. The lowest BCUT2D eigenvalue weighted by Gasteiger charge is -2.18. The van der Waals surface area contributed by atoms with E-state index in [1.54, 1.807) is 20.8 Å². The Hall–Kier alpha value is -2.36. The van der Waals surface area contributed by atoms with E-state index in [0.29, 0.717) is 6.07 Å². The number of alkyl halides is 4. The molecule has 0 spiro atoms. The van der Waals surface area contributed by atoms with E-state index in [-0.39, 0.29) is 16.8 Å². The fourth-order valence-corrected chi connectivity index (χ4v) is 2.71. The van der Waals surface area contributed by atoms with Crippen molar-refractivity contribution in [1.29, 1.82) is 0 Å². The molecule has 2 aromatic carbocycles. The van der Waals surface area contributed by atoms with Crippen LogP contribution in [-0.2, 0) is 11.0 Å². The van der Waals surface area contributed by atoms with Gasteiger partial charge in [-0.3, -0.25) is 0 Å². The van der Waals surface area contributed by atoms with Crippen LogP contribution in [0.25, 0.3) is 0 Å². The van der Waals surface area contributed by atoms with Crippen LogP contribution in [-0.4, -0.2) is 27.2 Å². The number of rotatable bonds is 6. The molecule has 0 aliphatic heterocycles. The smallest absolute Gasteiger partial charge is 0.428 e. The van der Waals surface area contributed by atoms with Crippen LogP contribution in [0, 0.1) is 11.6 Å². The van der Waals surface area contributed by atoms with Crippen LogP contribution in [0.15, 0.2) is 46.9 Å². The molecule has 2 rings (SSSR count). The van der Waals surface area contributed by atoms with Crippen LogP contribution < -0.4 is 4.74 Å². The molecule has 29 heavy (non-hydrogen) atoms. The van der Waals surface area contributed by atoms with Crippen LogP contribution in [0.3, 0.4) is 0 Å². The molecule has 0 aliphatic carbocycles. The van der Waals surface area contributed by atoms with Crippen LogP contribution in [0.5, 0.6) is 5.75 Å². The minimum absolute atomic E-state index is 0.108. The van der Waals surface area contributed by atoms with Gasteiger partial charge < -0.3 is 4.74 Å². The van der Waals surface area contributed by atoms with Crippen molar-refractivity contribution in [3.8, 4) is 5.75 Å². The summed E-state index contributed by atoms with van der Waals surface area (Å²) < 4.78 is 98.1. The van der Waals surface area contributed by atoms with E-state index in [9.17, 15) is 30.6 Å². The molecule has 1 atom stereocenters. The Kier molecular flexibility index (Phi) is 6.77. The van der Waals surface area contributed by atoms with Crippen molar-refractivity contribution in [2.45, 2.75) is 38.1 Å². The third-order valence-electron chi connectivity index (χ3n) is 3.47. The highest BCUT2D eigenvalue weighted by atomic mass is 32.2. The molecule has 2 aromatic rings. The summed E-state index contributed by atoms with van der Waals surface area (Å²) in [6.07, 6.45) is -8.97. The first-order chi connectivity index (χ1) is 13.3. The molecule has 0 N–H and O–H groups in total. The zero-order valence-electron chi connectivity index (χ0n) is 15.6. The predicted octanol–water partition coefficient (Wildman–Crippen LogP) is 5.50. The largest absolute Gasteiger partial charge is 0.461 e. The number of hydrogen-bond acceptors (Lipinski definition) is 2. The Labute approximate surface area is 166 Å². The van der Waals surface area contributed by atoms with Crippen molar-refractivity contribution >= 4 is 16.7 Å². The van der Waals surface area contributed by atoms with Crippen molar-refractivity contribution in [2.24, 2.45) is 4.40 Å². The van der Waals surface area contributed by atoms with Crippen LogP contribution >= 0.6 is 0 Å². The van der Waals surface area contributed by atoms with E-state index in [1.807, 2.05) is 0 Å². The number of ether oxygens (including phenoxy) is 1. The monoisotopic (exact) mass is 437 g/mol. The van der Waals surface area contributed by atoms with E-state index in [4.69, 9.17) is 0 Å². The van der Waals surface area contributed by atoms with Crippen molar-refractivity contribution in [3.63, 3.8) is 0 Å². The first-order valence-corrected chi connectivity index (χ1v) is 9.33. The summed E-state index contributed by atoms with van der Waals surface area (Å²) in [6.45, 7) is 4.87. The molecular weight excluding hydrogens is 420 g/mol. The molecule has 0 heterocycles. The average Bonchev–Trinajstić information content (AvgIpc) is 2.58. The van der Waals surface area contributed by atoms with Gasteiger partial charge in [0, 0.05) is 17.2 Å². The lowest BCUT2D eigenvalue weighted by molar-refractivity contribution is -0.253. The maximum absolute atomic E-state index is 14.0. The summed E-state index contributed by atoms with van der Waals surface area (Å²) in [4.78, 5) is 0. The van der Waals surface area contributed by atoms with E-state index in [1.165, 1.54) is 12.1 Å². The summed E-state index contributed by atoms with van der Waals surface area (Å²) in [5, 5.41) is 0. The second-order valence-corrected chi connectivity index (χ2v) is 8.85. The van der Waals surface area contributed by atoms with Crippen molar-refractivity contribution in [1.82, 2.24) is 0 Å². The van der Waals surface area contributed by atoms with Crippen LogP contribution in [0.2, 0.25) is 0 Å². The van der Waals surface area contributed by atoms with Gasteiger partial charge in [0.05, 0.1) is 10.5 Å². The second-order valence-electron chi connectivity index (χ2n) is 6.95. The van der Waals surface area contributed by atoms with Gasteiger partial charge >= 0.3 is 12.5 Å². The molecule has 0 fully saturated rings. The Morgan fingerprint density at radius 2 is 1.55 bits per heavy atom. The van der Waals surface area contributed by atoms with E-state index in [0.717, 1.165) is 24.3 Å². The van der Waals surface area contributed by atoms with Gasteiger partial charge in [-0.2, -0.15) is 22.0 Å². The molecular formula is C19H17F6NO2S. The third kappa shape index (κ3) is 6.06. The lowest BCUT2D eigenvalue weighted by atomic mass is 10.0. The van der Waals surface area contributed by atoms with Gasteiger partial charge in [0.1, 0.15) is 28.4 Å². The highest BCUT2D eigenvalue weighted by Gasteiger charge is 2.44. The van der Waals surface area contributed by atoms with Gasteiger partial charge in [-0.25, -0.2) is 13.0 Å². The summed E-state index contributed by atoms with van der Waals surface area (Å²) in [6, 6.07) is 6.94. The van der Waals surface area contributed by atoms with Crippen molar-refractivity contribution < 1.29 is 35.3 Å². The lowest BCUT2D eigenvalue weighted by Crippen LogP contribution is -2.33. The maximum Gasteiger partial charge on any atom is 0.461 e. The predicted molar refractivity (Wildman–Crippen MR) is 97.9 cm³/mol. The fourth-order valence-electron chi connectivity index (χ4n) is 2.06. The number of hydrogen-bond donors (Lipinski definition) is 0. The van der Waals surface area contributed by atoms with Gasteiger partial charge in [0.2, 0.25) is 0 Å². The van der Waals surface area contributed by atoms with Gasteiger partial charge in [0.25, 0.3) is 0 Å². The zero-order valence-corrected chi connectivity index (χ0v) is 16.4. The van der Waals surface area contributed by atoms with Gasteiger partial charge in [-0.1, -0.05) is 0 Å². The molecule has 3 nitrogen and oxygen atoms in total. The zero-order chi connectivity index (χ0) is 22.0. The van der Waals surface area contributed by atoms with Crippen molar-refractivity contribution in [2.75, 3.05) is 0 Å². The topological polar surface area (TPSA) is 38.7 Å². The molecule has 0 radical (unpaired) electrons. The van der Waals surface area contributed by atoms with Gasteiger partial charge in [-0.05, 0) is 57.2 Å². The summed E-state index contributed by atoms with van der Waals surface area (Å²) in [5.74, 6) is -2.52. The highest BCUT2D eigenvalue weighted by Crippen LogP contribution is 2.29. The quantitative estimate of drug-likeness (QED) is 0.442. The molecule has 0 aliphatic rings.